The second-order valence-electron chi connectivity index (χ2n) is 6.39. The van der Waals surface area contributed by atoms with E-state index in [0.29, 0.717) is 6.04 Å². The number of hydrogen-bond acceptors (Lipinski definition) is 5. The molecule has 4 heterocycles. The Morgan fingerprint density at radius 1 is 1.24 bits per heavy atom. The number of halogens is 1. The first-order valence-corrected chi connectivity index (χ1v) is 8.37. The number of piperazine rings is 1. The molecule has 1 atom stereocenters. The molecule has 4 rings (SSSR count). The number of fused-ring (bicyclic) bond motifs is 1. The normalized spacial score (nSPS) is 18.2. The summed E-state index contributed by atoms with van der Waals surface area (Å²) in [4.78, 5) is 15.7. The number of aromatic nitrogens is 4. The first-order chi connectivity index (χ1) is 11.7. The van der Waals surface area contributed by atoms with E-state index in [2.05, 4.69) is 54.7 Å². The van der Waals surface area contributed by atoms with E-state index in [9.17, 15) is 0 Å². The third-order valence-corrected chi connectivity index (χ3v) is 4.67. The Hall–Kier alpha value is -2.02. The van der Waals surface area contributed by atoms with Crippen molar-refractivity contribution in [2.24, 2.45) is 0 Å². The van der Waals surface area contributed by atoms with E-state index in [0.717, 1.165) is 37.7 Å². The van der Waals surface area contributed by atoms with Crippen LogP contribution in [0.25, 0.3) is 5.78 Å². The Labute approximate surface area is 153 Å². The predicted molar refractivity (Wildman–Crippen MR) is 100.0 cm³/mol. The van der Waals surface area contributed by atoms with Crippen molar-refractivity contribution in [3.05, 3.63) is 59.4 Å². The van der Waals surface area contributed by atoms with Crippen LogP contribution in [-0.2, 0) is 6.54 Å². The molecule has 0 bridgehead atoms. The molecule has 0 saturated carbocycles. The van der Waals surface area contributed by atoms with Crippen molar-refractivity contribution >= 4 is 18.2 Å². The molecule has 1 saturated heterocycles. The van der Waals surface area contributed by atoms with Crippen molar-refractivity contribution in [1.82, 2.24) is 29.6 Å². The maximum atomic E-state index is 4.54. The fraction of sp³-hybridized carbons (Fsp3) is 0.389. The summed E-state index contributed by atoms with van der Waals surface area (Å²) in [5.41, 5.74) is 4.68. The van der Waals surface area contributed by atoms with Gasteiger partial charge < -0.3 is 5.32 Å². The number of nitrogens with one attached hydrogen (secondary N) is 1. The molecule has 1 aliphatic rings. The molecule has 7 heteroatoms. The van der Waals surface area contributed by atoms with Crippen molar-refractivity contribution in [3.8, 4) is 0 Å². The van der Waals surface area contributed by atoms with Crippen LogP contribution in [0.1, 0.15) is 28.7 Å². The topological polar surface area (TPSA) is 58.4 Å². The minimum atomic E-state index is 0. The predicted octanol–water partition coefficient (Wildman–Crippen LogP) is 2.31. The number of hydrogen-bond donors (Lipinski definition) is 1. The number of rotatable bonds is 3. The zero-order valence-electron chi connectivity index (χ0n) is 14.5. The average molecular weight is 359 g/mol. The SMILES string of the molecule is Cc1cc(C)n2c(CN3CCNCC3c3ccncc3)cnc2n1.Cl. The monoisotopic (exact) mass is 358 g/mol. The molecule has 0 spiro atoms. The number of imidazole rings is 1. The summed E-state index contributed by atoms with van der Waals surface area (Å²) >= 11 is 0. The van der Waals surface area contributed by atoms with Crippen molar-refractivity contribution in [2.75, 3.05) is 19.6 Å². The van der Waals surface area contributed by atoms with Gasteiger partial charge in [0.2, 0.25) is 5.78 Å². The Morgan fingerprint density at radius 2 is 2.04 bits per heavy atom. The molecule has 6 nitrogen and oxygen atoms in total. The van der Waals surface area contributed by atoms with Gasteiger partial charge in [0, 0.05) is 56.0 Å². The highest BCUT2D eigenvalue weighted by atomic mass is 35.5. The lowest BCUT2D eigenvalue weighted by molar-refractivity contribution is 0.151. The van der Waals surface area contributed by atoms with Crippen LogP contribution in [0.3, 0.4) is 0 Å². The van der Waals surface area contributed by atoms with Gasteiger partial charge in [-0.25, -0.2) is 9.97 Å². The van der Waals surface area contributed by atoms with E-state index >= 15 is 0 Å². The molecule has 0 aromatic carbocycles. The number of nitrogens with zero attached hydrogens (tertiary/aromatic N) is 5. The van der Waals surface area contributed by atoms with Gasteiger partial charge >= 0.3 is 0 Å². The van der Waals surface area contributed by atoms with Crippen LogP contribution in [0.2, 0.25) is 0 Å². The van der Waals surface area contributed by atoms with Crippen LogP contribution in [0, 0.1) is 13.8 Å². The third-order valence-electron chi connectivity index (χ3n) is 4.67. The van der Waals surface area contributed by atoms with Gasteiger partial charge in [-0.1, -0.05) is 0 Å². The molecule has 1 fully saturated rings. The molecule has 1 aliphatic heterocycles. The molecule has 1 N–H and O–H groups in total. The highest BCUT2D eigenvalue weighted by Gasteiger charge is 2.25. The van der Waals surface area contributed by atoms with E-state index in [1.54, 1.807) is 0 Å². The van der Waals surface area contributed by atoms with Crippen molar-refractivity contribution in [3.63, 3.8) is 0 Å². The lowest BCUT2D eigenvalue weighted by atomic mass is 10.0. The van der Waals surface area contributed by atoms with Gasteiger partial charge in [-0.3, -0.25) is 14.3 Å². The third kappa shape index (κ3) is 3.51. The summed E-state index contributed by atoms with van der Waals surface area (Å²) in [5.74, 6) is 0.790. The van der Waals surface area contributed by atoms with E-state index < -0.39 is 0 Å². The Morgan fingerprint density at radius 3 is 2.84 bits per heavy atom. The molecule has 0 aliphatic carbocycles. The second-order valence-corrected chi connectivity index (χ2v) is 6.39. The van der Waals surface area contributed by atoms with Gasteiger partial charge in [0.1, 0.15) is 0 Å². The molecule has 1 unspecified atom stereocenters. The Balaban J connectivity index is 0.00000182. The highest BCUT2D eigenvalue weighted by Crippen LogP contribution is 2.24. The van der Waals surface area contributed by atoms with E-state index in [1.165, 1.54) is 17.0 Å². The van der Waals surface area contributed by atoms with Gasteiger partial charge in [0.15, 0.2) is 0 Å². The average Bonchev–Trinajstić information content (AvgIpc) is 2.99. The first kappa shape index (κ1) is 17.8. The molecular formula is C18H23ClN6. The zero-order chi connectivity index (χ0) is 16.5. The first-order valence-electron chi connectivity index (χ1n) is 8.37. The summed E-state index contributed by atoms with van der Waals surface area (Å²) in [6.45, 7) is 7.97. The van der Waals surface area contributed by atoms with Crippen molar-refractivity contribution < 1.29 is 0 Å². The minimum Gasteiger partial charge on any atom is -0.314 e. The minimum absolute atomic E-state index is 0. The standard InChI is InChI=1S/C18H22N6.ClH/c1-13-9-14(2)24-16(10-21-18(24)22-13)12-23-8-7-20-11-17(23)15-3-5-19-6-4-15;/h3-6,9-10,17,20H,7-8,11-12H2,1-2H3;1H. The van der Waals surface area contributed by atoms with Gasteiger partial charge in [-0.15, -0.1) is 12.4 Å². The molecule has 0 radical (unpaired) electrons. The molecule has 3 aromatic rings. The van der Waals surface area contributed by atoms with Crippen molar-refractivity contribution in [2.45, 2.75) is 26.4 Å². The fourth-order valence-electron chi connectivity index (χ4n) is 3.57. The summed E-state index contributed by atoms with van der Waals surface area (Å²) in [6.07, 6.45) is 5.70. The van der Waals surface area contributed by atoms with Gasteiger partial charge in [-0.2, -0.15) is 0 Å². The molecule has 3 aromatic heterocycles. The molecule has 0 amide bonds. The molecule has 25 heavy (non-hydrogen) atoms. The smallest absolute Gasteiger partial charge is 0.234 e. The van der Waals surface area contributed by atoms with E-state index in [4.69, 9.17) is 0 Å². The lowest BCUT2D eigenvalue weighted by Crippen LogP contribution is -2.45. The fourth-order valence-corrected chi connectivity index (χ4v) is 3.57. The van der Waals surface area contributed by atoms with Crippen molar-refractivity contribution in [1.29, 1.82) is 0 Å². The number of pyridine rings is 1. The highest BCUT2D eigenvalue weighted by molar-refractivity contribution is 5.85. The maximum Gasteiger partial charge on any atom is 0.234 e. The Kier molecular flexibility index (Phi) is 5.32. The summed E-state index contributed by atoms with van der Waals surface area (Å²) < 4.78 is 2.17. The maximum absolute atomic E-state index is 4.54. The van der Waals surface area contributed by atoms with E-state index in [-0.39, 0.29) is 12.4 Å². The quantitative estimate of drug-likeness (QED) is 0.778. The van der Waals surface area contributed by atoms with Crippen LogP contribution in [0.4, 0.5) is 0 Å². The largest absolute Gasteiger partial charge is 0.314 e. The van der Waals surface area contributed by atoms with Gasteiger partial charge in [-0.05, 0) is 37.6 Å². The molecular weight excluding hydrogens is 336 g/mol. The number of aryl methyl sites for hydroxylation is 2. The van der Waals surface area contributed by atoms with Gasteiger partial charge in [0.25, 0.3) is 0 Å². The Bertz CT molecular complexity index is 847. The van der Waals surface area contributed by atoms with Crippen LogP contribution >= 0.6 is 12.4 Å². The second kappa shape index (κ2) is 7.47. The van der Waals surface area contributed by atoms with E-state index in [1.807, 2.05) is 25.5 Å². The summed E-state index contributed by atoms with van der Waals surface area (Å²) in [7, 11) is 0. The van der Waals surface area contributed by atoms with Crippen LogP contribution < -0.4 is 5.32 Å². The van der Waals surface area contributed by atoms with Gasteiger partial charge in [0.05, 0.1) is 11.9 Å². The molecule has 132 valence electrons. The van der Waals surface area contributed by atoms with Crippen LogP contribution in [0.5, 0.6) is 0 Å². The zero-order valence-corrected chi connectivity index (χ0v) is 15.3. The summed E-state index contributed by atoms with van der Waals surface area (Å²) in [5, 5.41) is 3.50. The summed E-state index contributed by atoms with van der Waals surface area (Å²) in [6, 6.07) is 6.67. The lowest BCUT2D eigenvalue weighted by Gasteiger charge is -2.36. The van der Waals surface area contributed by atoms with Crippen LogP contribution in [0.15, 0.2) is 36.8 Å². The van der Waals surface area contributed by atoms with Crippen LogP contribution in [-0.4, -0.2) is 43.9 Å².